The van der Waals surface area contributed by atoms with Gasteiger partial charge in [-0.3, -0.25) is 52.7 Å². The van der Waals surface area contributed by atoms with E-state index in [-0.39, 0.29) is 68.6 Å². The highest BCUT2D eigenvalue weighted by atomic mass is 19.4. The molecule has 2 aliphatic carbocycles. The molecule has 0 bridgehead atoms. The Bertz CT molecular complexity index is 2540. The molecule has 4 N–H and O–H groups in total. The van der Waals surface area contributed by atoms with Crippen LogP contribution in [-0.4, -0.2) is 235 Å². The Hall–Kier alpha value is -6.18. The van der Waals surface area contributed by atoms with Gasteiger partial charge in [-0.2, -0.15) is 13.2 Å². The number of hydrogen-bond donors (Lipinski definition) is 4. The van der Waals surface area contributed by atoms with Crippen molar-refractivity contribution in [3.8, 4) is 0 Å². The van der Waals surface area contributed by atoms with Crippen molar-refractivity contribution < 1.29 is 74.7 Å². The Morgan fingerprint density at radius 3 is 1.52 bits per heavy atom. The summed E-state index contributed by atoms with van der Waals surface area (Å²) in [6.07, 6.45) is -7.48. The van der Waals surface area contributed by atoms with E-state index >= 15 is 8.78 Å². The molecule has 0 aromatic heterocycles. The smallest absolute Gasteiger partial charge is 0.351 e. The highest BCUT2D eigenvalue weighted by Crippen LogP contribution is 2.44. The van der Waals surface area contributed by atoms with Crippen molar-refractivity contribution in [1.82, 2.24) is 55.6 Å². The number of rotatable bonds is 13. The molecule has 0 aromatic rings. The predicted octanol–water partition coefficient (Wildman–Crippen LogP) is 5.64. The van der Waals surface area contributed by atoms with Gasteiger partial charge in [0, 0.05) is 61.8 Å². The molecule has 1 aliphatic heterocycles. The summed E-state index contributed by atoms with van der Waals surface area (Å²) >= 11 is 0. The third-order valence-electron chi connectivity index (χ3n) is 18.6. The first-order valence-corrected chi connectivity index (χ1v) is 32.9. The molecule has 2 saturated carbocycles. The molecule has 0 radical (unpaired) electrons. The van der Waals surface area contributed by atoms with E-state index in [1.165, 1.54) is 77.9 Å². The minimum atomic E-state index is -5.15. The quantitative estimate of drug-likeness (QED) is 0.164. The van der Waals surface area contributed by atoms with Gasteiger partial charge in [0.2, 0.25) is 65.0 Å². The van der Waals surface area contributed by atoms with Gasteiger partial charge in [0.05, 0.1) is 19.6 Å². The van der Waals surface area contributed by atoms with E-state index in [0.29, 0.717) is 6.42 Å². The SMILES string of the molecule is CC[C@H](C)[C@@H]1NC(=O)[C@H](CC(C)C)N(C)C(=O)C[C@@H](C)NC(=O)[C@H](CC(C)C)N(C)C(=O)C(C)(C)NC(=O)[C@H](CC(C)C)N(C)C(=O)[C@H](CCC2CC(F)C(C(F)(F)F)C(F)C2)NC(=O)CN(C)C(=O)[C@H](CC2CCCCC2)N(C)C(=O)CN(C)C(=O)CN(C)C1=O. The second kappa shape index (κ2) is 35.4. The van der Waals surface area contributed by atoms with Crippen molar-refractivity contribution in [3.63, 3.8) is 0 Å². The van der Waals surface area contributed by atoms with E-state index in [1.807, 2.05) is 34.6 Å². The topological polar surface area (TPSA) is 259 Å². The zero-order chi connectivity index (χ0) is 70.2. The number of carbonyl (C=O) groups is 11. The molecule has 0 aromatic carbocycles. The van der Waals surface area contributed by atoms with Crippen LogP contribution in [0.4, 0.5) is 22.0 Å². The first kappa shape index (κ1) is 80.1. The summed E-state index contributed by atoms with van der Waals surface area (Å²) in [7, 11) is 9.58. The average molecular weight is 1320 g/mol. The molecule has 526 valence electrons. The Balaban J connectivity index is 2.21. The molecule has 27 heteroatoms. The van der Waals surface area contributed by atoms with Crippen molar-refractivity contribution in [2.75, 3.05) is 69.0 Å². The summed E-state index contributed by atoms with van der Waals surface area (Å²) in [4.78, 5) is 167. The van der Waals surface area contributed by atoms with Crippen LogP contribution >= 0.6 is 0 Å². The van der Waals surface area contributed by atoms with Crippen molar-refractivity contribution in [2.45, 2.75) is 239 Å². The zero-order valence-electron chi connectivity index (χ0n) is 58.0. The van der Waals surface area contributed by atoms with Crippen LogP contribution in [0, 0.1) is 41.4 Å². The fourth-order valence-electron chi connectivity index (χ4n) is 12.7. The maximum absolute atomic E-state index is 15.2. The van der Waals surface area contributed by atoms with Crippen LogP contribution in [0.3, 0.4) is 0 Å². The fraction of sp³-hybridized carbons (Fsp3) is 0.831. The molecule has 10 atom stereocenters. The lowest BCUT2D eigenvalue weighted by Crippen LogP contribution is -2.63. The summed E-state index contributed by atoms with van der Waals surface area (Å²) in [5.41, 5.74) is -1.77. The molecule has 22 nitrogen and oxygen atoms in total. The highest BCUT2D eigenvalue weighted by Gasteiger charge is 2.54. The molecule has 0 spiro atoms. The average Bonchev–Trinajstić information content (AvgIpc) is 0.918. The Labute approximate surface area is 542 Å². The highest BCUT2D eigenvalue weighted by molar-refractivity contribution is 5.98. The molecule has 11 amide bonds. The molecule has 3 rings (SSSR count). The molecule has 1 heterocycles. The van der Waals surface area contributed by atoms with Gasteiger partial charge in [-0.25, -0.2) is 8.78 Å². The molecule has 92 heavy (non-hydrogen) atoms. The van der Waals surface area contributed by atoms with Gasteiger partial charge >= 0.3 is 6.18 Å². The zero-order valence-corrected chi connectivity index (χ0v) is 58.0. The number of nitrogens with one attached hydrogen (secondary N) is 4. The third kappa shape index (κ3) is 23.1. The van der Waals surface area contributed by atoms with E-state index in [9.17, 15) is 65.9 Å². The number of amides is 11. The second-order valence-corrected chi connectivity index (χ2v) is 28.4. The molecule has 3 aliphatic rings. The van der Waals surface area contributed by atoms with E-state index in [1.54, 1.807) is 27.7 Å². The number of hydrogen-bond acceptors (Lipinski definition) is 11. The van der Waals surface area contributed by atoms with Crippen molar-refractivity contribution >= 4 is 65.0 Å². The second-order valence-electron chi connectivity index (χ2n) is 28.4. The standard InChI is InChI=1S/C65H110F5N11O11/c1-19-40(8)56-62(91)77(14)35-53(84)75(12)36-54(85)79(16)50(33-42-23-21-20-22-24-42)61(90)76(13)34-51(82)72-46(26-25-43-31-44(66)55(45(67)32-43)65(68,69)70)60(89)80(17)49(29-39(6)7)59(88)74-64(10,11)63(92)81(18)48(28-38(4)5)57(86)71-41(9)30-52(83)78(15)47(27-37(2)3)58(87)73-56/h37-50,55-56H,19-36H2,1-18H3,(H,71,86)(H,72,82)(H,73,87)(H,74,88)/t40-,41+,43?,44?,45?,46-,47-,48-,49-,50-,55?,56-/m0/s1. The maximum atomic E-state index is 15.2. The van der Waals surface area contributed by atoms with Crippen LogP contribution in [-0.2, 0) is 52.7 Å². The minimum Gasteiger partial charge on any atom is -0.351 e. The van der Waals surface area contributed by atoms with Crippen LogP contribution in [0.5, 0.6) is 0 Å². The molecular weight excluding hydrogens is 1210 g/mol. The van der Waals surface area contributed by atoms with Crippen molar-refractivity contribution in [2.24, 2.45) is 41.4 Å². The summed E-state index contributed by atoms with van der Waals surface area (Å²) in [5.74, 6) is -12.6. The van der Waals surface area contributed by atoms with Crippen LogP contribution in [0.2, 0.25) is 0 Å². The van der Waals surface area contributed by atoms with Crippen LogP contribution in [0.25, 0.3) is 0 Å². The van der Waals surface area contributed by atoms with Gasteiger partial charge in [-0.05, 0) is 108 Å². The Morgan fingerprint density at radius 2 is 1.01 bits per heavy atom. The van der Waals surface area contributed by atoms with Crippen molar-refractivity contribution in [3.05, 3.63) is 0 Å². The van der Waals surface area contributed by atoms with E-state index in [2.05, 4.69) is 21.3 Å². The van der Waals surface area contributed by atoms with Gasteiger partial charge in [0.1, 0.15) is 60.1 Å². The van der Waals surface area contributed by atoms with E-state index < -0.39 is 182 Å². The normalized spacial score (nSPS) is 29.0. The number of alkyl halides is 5. The molecule has 2 unspecified atom stereocenters. The number of halogens is 5. The van der Waals surface area contributed by atoms with Crippen molar-refractivity contribution in [1.29, 1.82) is 0 Å². The first-order chi connectivity index (χ1) is 42.5. The molecule has 3 fully saturated rings. The first-order valence-electron chi connectivity index (χ1n) is 32.9. The Morgan fingerprint density at radius 1 is 0.533 bits per heavy atom. The van der Waals surface area contributed by atoms with Crippen LogP contribution in [0.15, 0.2) is 0 Å². The Kier molecular flexibility index (Phi) is 30.8. The van der Waals surface area contributed by atoms with E-state index in [4.69, 9.17) is 0 Å². The van der Waals surface area contributed by atoms with Gasteiger partial charge in [-0.1, -0.05) is 93.9 Å². The van der Waals surface area contributed by atoms with Gasteiger partial charge in [0.15, 0.2) is 0 Å². The number of nitrogens with zero attached hydrogens (tertiary/aromatic N) is 7. The monoisotopic (exact) mass is 1320 g/mol. The summed E-state index contributed by atoms with van der Waals surface area (Å²) in [5, 5.41) is 11.1. The summed E-state index contributed by atoms with van der Waals surface area (Å²) in [6.45, 7) is 17.2. The lowest BCUT2D eigenvalue weighted by Gasteiger charge is -2.38. The molecular formula is C65H110F5N11O11. The number of likely N-dealkylation sites (N-methyl/N-ethyl adjacent to an activating group) is 7. The van der Waals surface area contributed by atoms with Crippen LogP contribution < -0.4 is 21.3 Å². The van der Waals surface area contributed by atoms with Gasteiger partial charge in [-0.15, -0.1) is 0 Å². The van der Waals surface area contributed by atoms with E-state index in [0.717, 1.165) is 51.7 Å². The predicted molar refractivity (Wildman–Crippen MR) is 338 cm³/mol. The van der Waals surface area contributed by atoms with Gasteiger partial charge < -0.3 is 55.6 Å². The minimum absolute atomic E-state index is 0.00956. The lowest BCUT2D eigenvalue weighted by atomic mass is 9.76. The largest absolute Gasteiger partial charge is 0.397 e. The third-order valence-corrected chi connectivity index (χ3v) is 18.6. The number of carbonyl (C=O) groups excluding carboxylic acids is 11. The summed E-state index contributed by atoms with van der Waals surface area (Å²) in [6, 6.07) is -8.35. The molecule has 1 saturated heterocycles. The lowest BCUT2D eigenvalue weighted by molar-refractivity contribution is -0.219. The summed E-state index contributed by atoms with van der Waals surface area (Å²) < 4.78 is 71.7. The van der Waals surface area contributed by atoms with Crippen LogP contribution in [0.1, 0.15) is 172 Å². The maximum Gasteiger partial charge on any atom is 0.397 e. The van der Waals surface area contributed by atoms with Gasteiger partial charge in [0.25, 0.3) is 0 Å². The fourth-order valence-corrected chi connectivity index (χ4v) is 12.7.